The van der Waals surface area contributed by atoms with Crippen LogP contribution in [0.25, 0.3) is 0 Å². The minimum absolute atomic E-state index is 0.241. The van der Waals surface area contributed by atoms with Gasteiger partial charge in [0.15, 0.2) is 16.6 Å². The third-order valence-electron chi connectivity index (χ3n) is 5.99. The lowest BCUT2D eigenvalue weighted by atomic mass is 10.3. The molecule has 0 aromatic heterocycles. The molecule has 0 spiro atoms. The Labute approximate surface area is 203 Å². The standard InChI is InChI=1S/C20H36O11Si3/c1-32(2,9-6-15-12-24-18(21)27-15)30-34(5,11-8-17-14-26-20(23)29-17)31-33(3,4)10-7-16-13-25-19(22)28-16/h15-17H,6-14H2,1-5H3. The van der Waals surface area contributed by atoms with E-state index >= 15 is 0 Å². The van der Waals surface area contributed by atoms with E-state index in [1.807, 2.05) is 0 Å². The second-order valence-corrected chi connectivity index (χ2v) is 22.8. The Bertz CT molecular complexity index is 716. The van der Waals surface area contributed by atoms with Crippen LogP contribution in [-0.4, -0.2) is 81.8 Å². The highest BCUT2D eigenvalue weighted by Crippen LogP contribution is 2.32. The van der Waals surface area contributed by atoms with E-state index in [0.29, 0.717) is 25.3 Å². The summed E-state index contributed by atoms with van der Waals surface area (Å²) in [5.74, 6) is 0. The topological polar surface area (TPSA) is 125 Å². The van der Waals surface area contributed by atoms with Gasteiger partial charge in [-0.15, -0.1) is 0 Å². The Morgan fingerprint density at radius 3 is 1.24 bits per heavy atom. The Hall–Kier alpha value is -1.62. The maximum absolute atomic E-state index is 11.3. The van der Waals surface area contributed by atoms with Crippen LogP contribution in [0.4, 0.5) is 14.4 Å². The van der Waals surface area contributed by atoms with Crippen molar-refractivity contribution in [2.75, 3.05) is 19.8 Å². The zero-order chi connectivity index (χ0) is 25.0. The van der Waals surface area contributed by atoms with E-state index in [4.69, 9.17) is 36.7 Å². The lowest BCUT2D eigenvalue weighted by Gasteiger charge is -2.41. The van der Waals surface area contributed by atoms with Gasteiger partial charge in [-0.2, -0.15) is 0 Å². The summed E-state index contributed by atoms with van der Waals surface area (Å²) in [7, 11) is -7.08. The average Bonchev–Trinajstić information content (AvgIpc) is 3.44. The zero-order valence-corrected chi connectivity index (χ0v) is 23.6. The monoisotopic (exact) mass is 536 g/mol. The third kappa shape index (κ3) is 8.55. The molecule has 3 heterocycles. The molecule has 0 aliphatic carbocycles. The van der Waals surface area contributed by atoms with Crippen LogP contribution < -0.4 is 0 Å². The van der Waals surface area contributed by atoms with E-state index in [2.05, 4.69) is 32.7 Å². The molecular weight excluding hydrogens is 500 g/mol. The summed E-state index contributed by atoms with van der Waals surface area (Å²) in [6, 6.07) is 2.24. The molecule has 0 radical (unpaired) electrons. The van der Waals surface area contributed by atoms with Gasteiger partial charge in [0.1, 0.15) is 38.1 Å². The largest absolute Gasteiger partial charge is 0.508 e. The van der Waals surface area contributed by atoms with Crippen LogP contribution in [-0.2, 0) is 36.7 Å². The van der Waals surface area contributed by atoms with Crippen LogP contribution in [0, 0.1) is 0 Å². The smallest absolute Gasteiger partial charge is 0.436 e. The lowest BCUT2D eigenvalue weighted by molar-refractivity contribution is 0.116. The van der Waals surface area contributed by atoms with E-state index < -0.39 is 43.7 Å². The van der Waals surface area contributed by atoms with Gasteiger partial charge in [0.05, 0.1) is 0 Å². The van der Waals surface area contributed by atoms with Gasteiger partial charge < -0.3 is 36.7 Å². The Balaban J connectivity index is 1.60. The van der Waals surface area contributed by atoms with Gasteiger partial charge in [-0.1, -0.05) is 0 Å². The molecule has 11 nitrogen and oxygen atoms in total. The van der Waals surface area contributed by atoms with Crippen LogP contribution in [0.2, 0.25) is 50.9 Å². The first-order chi connectivity index (χ1) is 15.8. The molecule has 0 aromatic rings. The minimum Gasteiger partial charge on any atom is -0.436 e. The lowest BCUT2D eigenvalue weighted by Crippen LogP contribution is -2.54. The number of ether oxygens (including phenoxy) is 6. The number of rotatable bonds is 13. The maximum Gasteiger partial charge on any atom is 0.508 e. The predicted octanol–water partition coefficient (Wildman–Crippen LogP) is 4.28. The maximum atomic E-state index is 11.3. The van der Waals surface area contributed by atoms with Crippen LogP contribution in [0.3, 0.4) is 0 Å². The third-order valence-corrected chi connectivity index (χ3v) is 18.0. The van der Waals surface area contributed by atoms with E-state index in [9.17, 15) is 14.4 Å². The molecule has 3 saturated heterocycles. The zero-order valence-electron chi connectivity index (χ0n) is 20.6. The molecular formula is C20H36O11Si3. The molecule has 3 rings (SSSR count). The fourth-order valence-electron chi connectivity index (χ4n) is 4.36. The SMILES string of the molecule is C[Si](C)(CCC1COC(=O)O1)O[Si](C)(CCC1COC(=O)O1)O[Si](C)(C)CCC1COC(=O)O1. The van der Waals surface area contributed by atoms with Crippen molar-refractivity contribution in [3.63, 3.8) is 0 Å². The summed E-state index contributed by atoms with van der Waals surface area (Å²) in [5, 5.41) is 0. The van der Waals surface area contributed by atoms with Crippen LogP contribution in [0.15, 0.2) is 0 Å². The molecule has 14 heteroatoms. The Kier molecular flexibility index (Phi) is 8.70. The molecule has 0 aromatic carbocycles. The van der Waals surface area contributed by atoms with Crippen molar-refractivity contribution < 1.29 is 51.0 Å². The summed E-state index contributed by atoms with van der Waals surface area (Å²) in [5.41, 5.74) is 0. The van der Waals surface area contributed by atoms with Gasteiger partial charge in [0.2, 0.25) is 0 Å². The molecule has 0 amide bonds. The van der Waals surface area contributed by atoms with Gasteiger partial charge in [-0.3, -0.25) is 0 Å². The fourth-order valence-corrected chi connectivity index (χ4v) is 18.8. The second kappa shape index (κ2) is 11.0. The number of cyclic esters (lactones) is 6. The Morgan fingerprint density at radius 1 is 0.618 bits per heavy atom. The summed E-state index contributed by atoms with van der Waals surface area (Å²) in [4.78, 5) is 33.8. The van der Waals surface area contributed by atoms with Crippen molar-refractivity contribution in [3.8, 4) is 0 Å². The highest BCUT2D eigenvalue weighted by atomic mass is 28.5. The molecule has 3 aliphatic heterocycles. The van der Waals surface area contributed by atoms with Gasteiger partial charge in [-0.05, 0) is 70.1 Å². The highest BCUT2D eigenvalue weighted by molar-refractivity contribution is 6.88. The van der Waals surface area contributed by atoms with Crippen LogP contribution >= 0.6 is 0 Å². The summed E-state index contributed by atoms with van der Waals surface area (Å²) < 4.78 is 43.9. The number of hydrogen-bond donors (Lipinski definition) is 0. The highest BCUT2D eigenvalue weighted by Gasteiger charge is 2.45. The molecule has 0 bridgehead atoms. The molecule has 194 valence electrons. The van der Waals surface area contributed by atoms with E-state index in [1.165, 1.54) is 0 Å². The summed E-state index contributed by atoms with van der Waals surface area (Å²) >= 11 is 0. The number of carbonyl (C=O) groups excluding carboxylic acids is 3. The van der Waals surface area contributed by atoms with Crippen molar-refractivity contribution >= 4 is 43.7 Å². The number of hydrogen-bond acceptors (Lipinski definition) is 11. The average molecular weight is 537 g/mol. The normalized spacial score (nSPS) is 26.7. The van der Waals surface area contributed by atoms with E-state index in [-0.39, 0.29) is 38.1 Å². The van der Waals surface area contributed by atoms with Crippen LogP contribution in [0.5, 0.6) is 0 Å². The van der Waals surface area contributed by atoms with Crippen molar-refractivity contribution in [2.24, 2.45) is 0 Å². The Morgan fingerprint density at radius 2 is 0.941 bits per heavy atom. The first-order valence-electron chi connectivity index (χ1n) is 11.7. The van der Waals surface area contributed by atoms with Gasteiger partial charge >= 0.3 is 27.0 Å². The van der Waals surface area contributed by atoms with Gasteiger partial charge in [0, 0.05) is 0 Å². The molecule has 3 unspecified atom stereocenters. The summed E-state index contributed by atoms with van der Waals surface area (Å²) in [6.07, 6.45) is -0.699. The van der Waals surface area contributed by atoms with Crippen molar-refractivity contribution in [1.82, 2.24) is 0 Å². The quantitative estimate of drug-likeness (QED) is 0.190. The second-order valence-electron chi connectivity index (χ2n) is 10.4. The van der Waals surface area contributed by atoms with E-state index in [0.717, 1.165) is 12.1 Å². The minimum atomic E-state index is -2.69. The molecule has 3 aliphatic rings. The van der Waals surface area contributed by atoms with Crippen molar-refractivity contribution in [3.05, 3.63) is 0 Å². The molecule has 34 heavy (non-hydrogen) atoms. The van der Waals surface area contributed by atoms with Crippen molar-refractivity contribution in [1.29, 1.82) is 0 Å². The molecule has 0 N–H and O–H groups in total. The van der Waals surface area contributed by atoms with E-state index in [1.54, 1.807) is 0 Å². The van der Waals surface area contributed by atoms with Crippen molar-refractivity contribution in [2.45, 2.75) is 88.4 Å². The molecule has 3 fully saturated rings. The van der Waals surface area contributed by atoms with Gasteiger partial charge in [0.25, 0.3) is 0 Å². The predicted molar refractivity (Wildman–Crippen MR) is 126 cm³/mol. The molecule has 3 atom stereocenters. The fraction of sp³-hybridized carbons (Fsp3) is 0.850. The first-order valence-corrected chi connectivity index (χ1v) is 20.5. The van der Waals surface area contributed by atoms with Crippen LogP contribution in [0.1, 0.15) is 19.3 Å². The first kappa shape index (κ1) is 27.0. The molecule has 0 saturated carbocycles. The van der Waals surface area contributed by atoms with Gasteiger partial charge in [-0.25, -0.2) is 14.4 Å². The summed E-state index contributed by atoms with van der Waals surface area (Å²) in [6.45, 7) is 11.4. The number of carbonyl (C=O) groups is 3.